The highest BCUT2D eigenvalue weighted by Gasteiger charge is 2.27. The zero-order valence-electron chi connectivity index (χ0n) is 22.9. The molecule has 0 saturated carbocycles. The third-order valence-electron chi connectivity index (χ3n) is 7.72. The van der Waals surface area contributed by atoms with Crippen LogP contribution in [0, 0.1) is 0 Å². The first-order valence-electron chi connectivity index (χ1n) is 13.8. The van der Waals surface area contributed by atoms with Crippen molar-refractivity contribution in [3.8, 4) is 16.9 Å². The van der Waals surface area contributed by atoms with Gasteiger partial charge in [-0.15, -0.1) is 0 Å². The van der Waals surface area contributed by atoms with E-state index in [9.17, 15) is 9.90 Å². The minimum Gasteiger partial charge on any atom is -0.493 e. The monoisotopic (exact) mass is 535 g/mol. The zero-order valence-corrected chi connectivity index (χ0v) is 22.9. The van der Waals surface area contributed by atoms with Crippen LogP contribution in [0.15, 0.2) is 72.8 Å². The second-order valence-corrected chi connectivity index (χ2v) is 10.1. The number of ether oxygens (including phenoxy) is 2. The molecule has 0 radical (unpaired) electrons. The molecule has 40 heavy (non-hydrogen) atoms. The van der Waals surface area contributed by atoms with Crippen LogP contribution in [0.1, 0.15) is 40.8 Å². The van der Waals surface area contributed by atoms with Gasteiger partial charge in [-0.05, 0) is 36.3 Å². The smallest absolute Gasteiger partial charge is 0.352 e. The van der Waals surface area contributed by atoms with Gasteiger partial charge in [0.1, 0.15) is 11.4 Å². The first kappa shape index (κ1) is 25.9. The summed E-state index contributed by atoms with van der Waals surface area (Å²) >= 11 is 0. The predicted molar refractivity (Wildman–Crippen MR) is 157 cm³/mol. The lowest BCUT2D eigenvalue weighted by Crippen LogP contribution is -2.11. The second kappa shape index (κ2) is 11.0. The van der Waals surface area contributed by atoms with E-state index in [1.807, 2.05) is 64.8 Å². The van der Waals surface area contributed by atoms with Crippen LogP contribution in [0.25, 0.3) is 32.8 Å². The maximum absolute atomic E-state index is 12.8. The molecule has 0 unspecified atom stereocenters. The first-order valence-corrected chi connectivity index (χ1v) is 13.8. The molecule has 1 N–H and O–H groups in total. The number of carboxylic acids is 1. The molecule has 0 fully saturated rings. The first-order chi connectivity index (χ1) is 19.6. The molecule has 0 aliphatic carbocycles. The van der Waals surface area contributed by atoms with Crippen molar-refractivity contribution in [3.63, 3.8) is 0 Å². The van der Waals surface area contributed by atoms with E-state index in [4.69, 9.17) is 14.6 Å². The molecule has 3 aromatic carbocycles. The normalized spacial score (nSPS) is 14.2. The Morgan fingerprint density at radius 3 is 2.70 bits per heavy atom. The van der Waals surface area contributed by atoms with Crippen LogP contribution in [-0.4, -0.2) is 38.6 Å². The van der Waals surface area contributed by atoms with E-state index in [-0.39, 0.29) is 0 Å². The molecular weight excluding hydrogens is 502 g/mol. The standard InChI is InChI=1S/C33H33N3O4/c1-3-28-30-26-15-9-14-24-25(16-10-20-40-29-17-8-12-22-11-4-5-13-23(22)29)32(33(37)38)36(31(24)26)18-6-7-19-39-21-27(30)34-35(28)2/h4-9,11-15,17H,3,10,16,18-21H2,1-2H3,(H,37,38)/b7-6-. The van der Waals surface area contributed by atoms with Gasteiger partial charge in [-0.25, -0.2) is 4.79 Å². The Kier molecular flexibility index (Phi) is 7.13. The molecule has 0 amide bonds. The third-order valence-corrected chi connectivity index (χ3v) is 7.72. The predicted octanol–water partition coefficient (Wildman–Crippen LogP) is 6.55. The fourth-order valence-electron chi connectivity index (χ4n) is 6.02. The Balaban J connectivity index is 1.41. The van der Waals surface area contributed by atoms with Gasteiger partial charge in [-0.1, -0.05) is 73.7 Å². The number of carbonyl (C=O) groups is 1. The van der Waals surface area contributed by atoms with E-state index in [1.165, 1.54) is 0 Å². The molecule has 7 nitrogen and oxygen atoms in total. The van der Waals surface area contributed by atoms with Crippen LogP contribution in [0.4, 0.5) is 0 Å². The largest absolute Gasteiger partial charge is 0.493 e. The quantitative estimate of drug-likeness (QED) is 0.189. The van der Waals surface area contributed by atoms with Crippen molar-refractivity contribution >= 4 is 27.6 Å². The second-order valence-electron chi connectivity index (χ2n) is 10.1. The van der Waals surface area contributed by atoms with Crippen LogP contribution < -0.4 is 4.74 Å². The Bertz CT molecular complexity index is 1740. The maximum atomic E-state index is 12.8. The number of rotatable bonds is 7. The zero-order chi connectivity index (χ0) is 27.6. The summed E-state index contributed by atoms with van der Waals surface area (Å²) in [4.78, 5) is 12.8. The SMILES string of the molecule is CCc1c2c(nn1C)COC/C=C\Cn1c(C(=O)O)c(CCCOc3cccc4ccccc34)c3cccc-2c31. The topological polar surface area (TPSA) is 78.5 Å². The average molecular weight is 536 g/mol. The van der Waals surface area contributed by atoms with Crippen molar-refractivity contribution in [1.82, 2.24) is 14.3 Å². The number of hydrogen-bond donors (Lipinski definition) is 1. The number of aryl methyl sites for hydroxylation is 2. The number of para-hydroxylation sites is 1. The van der Waals surface area contributed by atoms with Gasteiger partial charge in [0.2, 0.25) is 0 Å². The fraction of sp³-hybridized carbons (Fsp3) is 0.273. The summed E-state index contributed by atoms with van der Waals surface area (Å²) in [5.74, 6) is -0.0759. The molecule has 1 aliphatic heterocycles. The highest BCUT2D eigenvalue weighted by atomic mass is 16.5. The number of fused-ring (bicyclic) bond motifs is 3. The molecule has 0 saturated heterocycles. The number of benzene rings is 3. The van der Waals surface area contributed by atoms with Gasteiger partial charge in [0, 0.05) is 41.2 Å². The molecule has 2 aromatic heterocycles. The molecule has 1 aliphatic rings. The van der Waals surface area contributed by atoms with E-state index in [1.54, 1.807) is 0 Å². The molecule has 5 aromatic rings. The summed E-state index contributed by atoms with van der Waals surface area (Å²) < 4.78 is 16.0. The van der Waals surface area contributed by atoms with Gasteiger partial charge >= 0.3 is 5.97 Å². The lowest BCUT2D eigenvalue weighted by atomic mass is 9.97. The van der Waals surface area contributed by atoms with Crippen molar-refractivity contribution in [2.75, 3.05) is 13.2 Å². The van der Waals surface area contributed by atoms with E-state index < -0.39 is 5.97 Å². The average Bonchev–Trinajstić information content (AvgIpc) is 3.45. The van der Waals surface area contributed by atoms with Crippen molar-refractivity contribution < 1.29 is 19.4 Å². The number of allylic oxidation sites excluding steroid dienone is 1. The molecule has 3 heterocycles. The lowest BCUT2D eigenvalue weighted by Gasteiger charge is -2.11. The molecule has 6 rings (SSSR count). The van der Waals surface area contributed by atoms with Crippen molar-refractivity contribution in [2.24, 2.45) is 7.05 Å². The minimum absolute atomic E-state index is 0.334. The van der Waals surface area contributed by atoms with Crippen LogP contribution >= 0.6 is 0 Å². The van der Waals surface area contributed by atoms with E-state index in [0.717, 1.165) is 61.9 Å². The van der Waals surface area contributed by atoms with Crippen LogP contribution in [0.2, 0.25) is 0 Å². The highest BCUT2D eigenvalue weighted by Crippen LogP contribution is 2.39. The Hall–Kier alpha value is -4.36. The molecule has 0 atom stereocenters. The van der Waals surface area contributed by atoms with Gasteiger partial charge in [0.15, 0.2) is 0 Å². The van der Waals surface area contributed by atoms with Gasteiger partial charge in [-0.3, -0.25) is 4.68 Å². The number of aromatic nitrogens is 3. The van der Waals surface area contributed by atoms with Crippen molar-refractivity contribution in [2.45, 2.75) is 39.3 Å². The van der Waals surface area contributed by atoms with Gasteiger partial charge in [0.05, 0.1) is 31.0 Å². The van der Waals surface area contributed by atoms with Gasteiger partial charge in [0.25, 0.3) is 0 Å². The Morgan fingerprint density at radius 2 is 1.85 bits per heavy atom. The van der Waals surface area contributed by atoms with E-state index in [0.29, 0.717) is 44.9 Å². The van der Waals surface area contributed by atoms with Crippen molar-refractivity contribution in [3.05, 3.63) is 95.5 Å². The molecular formula is C33H33N3O4. The maximum Gasteiger partial charge on any atom is 0.352 e. The number of carboxylic acid groups (broad SMARTS) is 1. The number of nitrogens with zero attached hydrogens (tertiary/aromatic N) is 3. The van der Waals surface area contributed by atoms with Crippen LogP contribution in [-0.2, 0) is 37.8 Å². The summed E-state index contributed by atoms with van der Waals surface area (Å²) in [6.07, 6.45) is 6.02. The fourth-order valence-corrected chi connectivity index (χ4v) is 6.02. The van der Waals surface area contributed by atoms with Crippen molar-refractivity contribution in [1.29, 1.82) is 0 Å². The van der Waals surface area contributed by atoms with E-state index >= 15 is 0 Å². The molecule has 0 bridgehead atoms. The molecule has 0 spiro atoms. The van der Waals surface area contributed by atoms with Gasteiger partial charge < -0.3 is 19.1 Å². The summed E-state index contributed by atoms with van der Waals surface area (Å²) in [6, 6.07) is 20.4. The Morgan fingerprint density at radius 1 is 1.05 bits per heavy atom. The van der Waals surface area contributed by atoms with Crippen LogP contribution in [0.5, 0.6) is 5.75 Å². The van der Waals surface area contributed by atoms with Crippen LogP contribution in [0.3, 0.4) is 0 Å². The third kappa shape index (κ3) is 4.56. The summed E-state index contributed by atoms with van der Waals surface area (Å²) in [6.45, 7) is 3.90. The van der Waals surface area contributed by atoms with E-state index in [2.05, 4.69) is 31.2 Å². The summed E-state index contributed by atoms with van der Waals surface area (Å²) in [5.41, 5.74) is 6.12. The molecule has 204 valence electrons. The highest BCUT2D eigenvalue weighted by molar-refractivity contribution is 6.04. The minimum atomic E-state index is -0.922. The summed E-state index contributed by atoms with van der Waals surface area (Å²) in [5, 5.41) is 18.4. The number of hydrogen-bond acceptors (Lipinski definition) is 4. The Labute approximate surface area is 233 Å². The summed E-state index contributed by atoms with van der Waals surface area (Å²) in [7, 11) is 1.96. The lowest BCUT2D eigenvalue weighted by molar-refractivity contribution is 0.0685. The molecule has 7 heteroatoms. The number of aromatic carboxylic acids is 1. The van der Waals surface area contributed by atoms with Gasteiger partial charge in [-0.2, -0.15) is 5.10 Å².